The largest absolute Gasteiger partial charge is 0.496 e. The number of hydrogen-bond acceptors (Lipinski definition) is 2. The molecule has 2 atom stereocenters. The van der Waals surface area contributed by atoms with E-state index in [-0.39, 0.29) is 0 Å². The third kappa shape index (κ3) is 1.35. The smallest absolute Gasteiger partial charge is 0.123 e. The zero-order valence-electron chi connectivity index (χ0n) is 11.5. The standard InChI is InChI=1S/C16H20O2/c1-9(2)14-10-5-6-11(14)16-13(18-4)8-7-12(17-3)15(10)16/h7-8,10-11H,5-6H2,1-4H3/t10-,11-/m0/s1. The molecule has 2 bridgehead atoms. The Morgan fingerprint density at radius 1 is 0.944 bits per heavy atom. The van der Waals surface area contributed by atoms with Crippen LogP contribution in [-0.4, -0.2) is 14.2 Å². The van der Waals surface area contributed by atoms with Gasteiger partial charge in [-0.2, -0.15) is 0 Å². The Balaban J connectivity index is 2.27. The second kappa shape index (κ2) is 4.04. The summed E-state index contributed by atoms with van der Waals surface area (Å²) < 4.78 is 11.1. The lowest BCUT2D eigenvalue weighted by Gasteiger charge is -2.20. The van der Waals surface area contributed by atoms with Crippen molar-refractivity contribution in [2.24, 2.45) is 0 Å². The first-order valence-electron chi connectivity index (χ1n) is 6.61. The van der Waals surface area contributed by atoms with Crippen molar-refractivity contribution in [2.45, 2.75) is 38.5 Å². The van der Waals surface area contributed by atoms with Gasteiger partial charge in [0.05, 0.1) is 14.2 Å². The molecule has 1 aromatic rings. The van der Waals surface area contributed by atoms with Crippen molar-refractivity contribution in [1.29, 1.82) is 0 Å². The fourth-order valence-corrected chi connectivity index (χ4v) is 3.86. The summed E-state index contributed by atoms with van der Waals surface area (Å²) in [4.78, 5) is 0. The Labute approximate surface area is 109 Å². The fourth-order valence-electron chi connectivity index (χ4n) is 3.86. The number of hydrogen-bond donors (Lipinski definition) is 0. The fraction of sp³-hybridized carbons (Fsp3) is 0.500. The van der Waals surface area contributed by atoms with E-state index in [1.807, 2.05) is 12.1 Å². The maximum atomic E-state index is 5.56. The minimum Gasteiger partial charge on any atom is -0.496 e. The molecule has 0 aliphatic heterocycles. The summed E-state index contributed by atoms with van der Waals surface area (Å²) in [5, 5.41) is 0. The van der Waals surface area contributed by atoms with Crippen LogP contribution in [0.5, 0.6) is 11.5 Å². The molecule has 2 aliphatic rings. The van der Waals surface area contributed by atoms with E-state index < -0.39 is 0 Å². The number of benzene rings is 1. The lowest BCUT2D eigenvalue weighted by atomic mass is 9.90. The SMILES string of the molecule is COc1ccc(OC)c2c1[C@H]1CC[C@H]2C1=C(C)C. The van der Waals surface area contributed by atoms with Gasteiger partial charge in [0.25, 0.3) is 0 Å². The van der Waals surface area contributed by atoms with Crippen molar-refractivity contribution in [3.63, 3.8) is 0 Å². The van der Waals surface area contributed by atoms with E-state index >= 15 is 0 Å². The Kier molecular flexibility index (Phi) is 2.61. The molecule has 96 valence electrons. The molecule has 0 aromatic heterocycles. The minimum atomic E-state index is 0.556. The third-order valence-corrected chi connectivity index (χ3v) is 4.42. The van der Waals surface area contributed by atoms with Gasteiger partial charge in [0.15, 0.2) is 0 Å². The molecule has 0 unspecified atom stereocenters. The van der Waals surface area contributed by atoms with Gasteiger partial charge in [-0.1, -0.05) is 11.1 Å². The number of fused-ring (bicyclic) bond motifs is 5. The second-order valence-corrected chi connectivity index (χ2v) is 5.44. The van der Waals surface area contributed by atoms with Crippen molar-refractivity contribution in [2.75, 3.05) is 14.2 Å². The average molecular weight is 244 g/mol. The van der Waals surface area contributed by atoms with E-state index in [0.717, 1.165) is 11.5 Å². The zero-order chi connectivity index (χ0) is 12.9. The van der Waals surface area contributed by atoms with Crippen LogP contribution in [0.1, 0.15) is 49.7 Å². The maximum Gasteiger partial charge on any atom is 0.123 e. The summed E-state index contributed by atoms with van der Waals surface area (Å²) in [6.45, 7) is 4.46. The maximum absolute atomic E-state index is 5.56. The van der Waals surface area contributed by atoms with Gasteiger partial charge < -0.3 is 9.47 Å². The highest BCUT2D eigenvalue weighted by Crippen LogP contribution is 2.62. The predicted molar refractivity (Wildman–Crippen MR) is 72.6 cm³/mol. The first-order valence-corrected chi connectivity index (χ1v) is 6.61. The normalized spacial score (nSPS) is 24.1. The van der Waals surface area contributed by atoms with E-state index in [9.17, 15) is 0 Å². The van der Waals surface area contributed by atoms with Gasteiger partial charge in [0.1, 0.15) is 11.5 Å². The van der Waals surface area contributed by atoms with Crippen LogP contribution in [0.3, 0.4) is 0 Å². The number of allylic oxidation sites excluding steroid dienone is 2. The van der Waals surface area contributed by atoms with Gasteiger partial charge in [0, 0.05) is 23.0 Å². The summed E-state index contributed by atoms with van der Waals surface area (Å²) in [6.07, 6.45) is 2.50. The van der Waals surface area contributed by atoms with Gasteiger partial charge in [-0.25, -0.2) is 0 Å². The number of rotatable bonds is 2. The van der Waals surface area contributed by atoms with Crippen LogP contribution < -0.4 is 9.47 Å². The van der Waals surface area contributed by atoms with E-state index in [2.05, 4.69) is 13.8 Å². The van der Waals surface area contributed by atoms with Crippen molar-refractivity contribution < 1.29 is 9.47 Å². The summed E-state index contributed by atoms with van der Waals surface area (Å²) in [7, 11) is 3.52. The van der Waals surface area contributed by atoms with E-state index in [0.29, 0.717) is 11.8 Å². The minimum absolute atomic E-state index is 0.556. The van der Waals surface area contributed by atoms with Crippen LogP contribution in [-0.2, 0) is 0 Å². The Morgan fingerprint density at radius 3 is 1.72 bits per heavy atom. The first-order chi connectivity index (χ1) is 8.69. The van der Waals surface area contributed by atoms with Crippen molar-refractivity contribution in [1.82, 2.24) is 0 Å². The second-order valence-electron chi connectivity index (χ2n) is 5.44. The molecule has 2 nitrogen and oxygen atoms in total. The van der Waals surface area contributed by atoms with Crippen LogP contribution in [0.4, 0.5) is 0 Å². The highest BCUT2D eigenvalue weighted by molar-refractivity contribution is 5.64. The summed E-state index contributed by atoms with van der Waals surface area (Å²) in [5.74, 6) is 3.16. The Bertz CT molecular complexity index is 483. The lowest BCUT2D eigenvalue weighted by Crippen LogP contribution is -2.03. The molecule has 1 saturated carbocycles. The van der Waals surface area contributed by atoms with Crippen LogP contribution in [0.2, 0.25) is 0 Å². The van der Waals surface area contributed by atoms with Crippen LogP contribution in [0, 0.1) is 0 Å². The highest BCUT2D eigenvalue weighted by atomic mass is 16.5. The molecular weight excluding hydrogens is 224 g/mol. The zero-order valence-corrected chi connectivity index (χ0v) is 11.5. The van der Waals surface area contributed by atoms with E-state index in [4.69, 9.17) is 9.47 Å². The summed E-state index contributed by atoms with van der Waals surface area (Å²) in [6, 6.07) is 4.09. The first kappa shape index (κ1) is 11.6. The predicted octanol–water partition coefficient (Wildman–Crippen LogP) is 4.01. The monoisotopic (exact) mass is 244 g/mol. The van der Waals surface area contributed by atoms with Gasteiger partial charge >= 0.3 is 0 Å². The van der Waals surface area contributed by atoms with E-state index in [1.165, 1.54) is 29.5 Å². The molecule has 0 radical (unpaired) electrons. The quantitative estimate of drug-likeness (QED) is 0.732. The van der Waals surface area contributed by atoms with Crippen LogP contribution in [0.25, 0.3) is 0 Å². The van der Waals surface area contributed by atoms with Crippen LogP contribution >= 0.6 is 0 Å². The topological polar surface area (TPSA) is 18.5 Å². The molecule has 1 aromatic carbocycles. The lowest BCUT2D eigenvalue weighted by molar-refractivity contribution is 0.391. The number of methoxy groups -OCH3 is 2. The molecule has 0 heterocycles. The Hall–Kier alpha value is -1.44. The van der Waals surface area contributed by atoms with Gasteiger partial charge in [-0.3, -0.25) is 0 Å². The molecule has 0 amide bonds. The third-order valence-electron chi connectivity index (χ3n) is 4.42. The van der Waals surface area contributed by atoms with Gasteiger partial charge in [-0.05, 0) is 38.8 Å². The van der Waals surface area contributed by atoms with Crippen LogP contribution in [0.15, 0.2) is 23.3 Å². The van der Waals surface area contributed by atoms with E-state index in [1.54, 1.807) is 19.8 Å². The molecule has 3 rings (SSSR count). The molecule has 1 fully saturated rings. The van der Waals surface area contributed by atoms with Gasteiger partial charge in [-0.15, -0.1) is 0 Å². The Morgan fingerprint density at radius 2 is 1.39 bits per heavy atom. The molecule has 2 aliphatic carbocycles. The summed E-state index contributed by atoms with van der Waals surface area (Å²) >= 11 is 0. The molecule has 18 heavy (non-hydrogen) atoms. The van der Waals surface area contributed by atoms with Crippen molar-refractivity contribution in [3.05, 3.63) is 34.4 Å². The summed E-state index contributed by atoms with van der Waals surface area (Å²) in [5.41, 5.74) is 5.82. The molecular formula is C16H20O2. The van der Waals surface area contributed by atoms with Crippen molar-refractivity contribution in [3.8, 4) is 11.5 Å². The van der Waals surface area contributed by atoms with Crippen molar-refractivity contribution >= 4 is 0 Å². The molecule has 0 spiro atoms. The molecule has 2 heteroatoms. The van der Waals surface area contributed by atoms with Gasteiger partial charge in [0.2, 0.25) is 0 Å². The molecule has 0 saturated heterocycles. The molecule has 0 N–H and O–H groups in total. The highest BCUT2D eigenvalue weighted by Gasteiger charge is 2.45. The number of ether oxygens (including phenoxy) is 2. The average Bonchev–Trinajstić information content (AvgIpc) is 2.94.